The summed E-state index contributed by atoms with van der Waals surface area (Å²) in [6, 6.07) is 9.33. The topological polar surface area (TPSA) is 92.2 Å². The molecule has 2 N–H and O–H groups in total. The Morgan fingerprint density at radius 1 is 1.10 bits per heavy atom. The van der Waals surface area contributed by atoms with E-state index >= 15 is 0 Å². The van der Waals surface area contributed by atoms with E-state index in [0.29, 0.717) is 12.6 Å². The first-order chi connectivity index (χ1) is 19.4. The van der Waals surface area contributed by atoms with Crippen molar-refractivity contribution in [1.82, 2.24) is 24.4 Å². The van der Waals surface area contributed by atoms with E-state index in [4.69, 9.17) is 15.5 Å². The van der Waals surface area contributed by atoms with Gasteiger partial charge in [0.05, 0.1) is 22.5 Å². The predicted molar refractivity (Wildman–Crippen MR) is 157 cm³/mol. The van der Waals surface area contributed by atoms with Gasteiger partial charge in [-0.2, -0.15) is 5.10 Å². The van der Waals surface area contributed by atoms with Gasteiger partial charge in [0.15, 0.2) is 0 Å². The fourth-order valence-corrected chi connectivity index (χ4v) is 6.73. The van der Waals surface area contributed by atoms with Crippen LogP contribution in [0.1, 0.15) is 52.0 Å². The molecular formula is C31H43N7O2. The summed E-state index contributed by atoms with van der Waals surface area (Å²) in [4.78, 5) is 24.6. The Morgan fingerprint density at radius 3 is 2.48 bits per heavy atom. The Balaban J connectivity index is 1.17. The minimum atomic E-state index is -0.264. The van der Waals surface area contributed by atoms with Crippen LogP contribution in [0.15, 0.2) is 42.9 Å². The van der Waals surface area contributed by atoms with E-state index < -0.39 is 0 Å². The molecule has 0 radical (unpaired) electrons. The second-order valence-corrected chi connectivity index (χ2v) is 12.0. The van der Waals surface area contributed by atoms with Crippen molar-refractivity contribution in [2.24, 2.45) is 11.7 Å². The number of fused-ring (bicyclic) bond motifs is 1. The second-order valence-electron chi connectivity index (χ2n) is 12.0. The van der Waals surface area contributed by atoms with Crippen molar-refractivity contribution in [3.05, 3.63) is 48.4 Å². The van der Waals surface area contributed by atoms with E-state index in [1.807, 2.05) is 21.8 Å². The number of ether oxygens (including phenoxy) is 1. The molecule has 3 aromatic rings. The number of piperazine rings is 1. The van der Waals surface area contributed by atoms with Crippen LogP contribution in [0.2, 0.25) is 0 Å². The number of anilines is 1. The van der Waals surface area contributed by atoms with E-state index in [-0.39, 0.29) is 23.5 Å². The maximum Gasteiger partial charge on any atom is 0.225 e. The van der Waals surface area contributed by atoms with Crippen LogP contribution < -0.4 is 10.6 Å². The number of hydrogen-bond acceptors (Lipinski definition) is 7. The van der Waals surface area contributed by atoms with Crippen molar-refractivity contribution in [2.45, 2.75) is 64.1 Å². The number of nitrogens with zero attached hydrogens (tertiary/aromatic N) is 6. The summed E-state index contributed by atoms with van der Waals surface area (Å²) in [5.74, 6) is 0.398. The Kier molecular flexibility index (Phi) is 7.54. The van der Waals surface area contributed by atoms with E-state index in [0.717, 1.165) is 87.4 Å². The first-order valence-electron chi connectivity index (χ1n) is 15.0. The summed E-state index contributed by atoms with van der Waals surface area (Å²) in [5.41, 5.74) is 11.0. The lowest BCUT2D eigenvalue weighted by molar-refractivity contribution is -0.139. The van der Waals surface area contributed by atoms with Gasteiger partial charge in [0, 0.05) is 93.6 Å². The zero-order valence-electron chi connectivity index (χ0n) is 24.1. The van der Waals surface area contributed by atoms with Gasteiger partial charge in [0.25, 0.3) is 0 Å². The number of aromatic nitrogens is 3. The number of likely N-dealkylation sites (tertiary alicyclic amines) is 1. The normalized spacial score (nSPS) is 23.5. The molecule has 1 amide bonds. The van der Waals surface area contributed by atoms with Crippen molar-refractivity contribution in [1.29, 1.82) is 0 Å². The number of nitrogens with two attached hydrogens (primary N) is 1. The zero-order chi connectivity index (χ0) is 27.9. The summed E-state index contributed by atoms with van der Waals surface area (Å²) in [7, 11) is 0. The van der Waals surface area contributed by atoms with Gasteiger partial charge in [0.2, 0.25) is 5.91 Å². The third-order valence-electron chi connectivity index (χ3n) is 9.28. The van der Waals surface area contributed by atoms with Crippen LogP contribution in [-0.4, -0.2) is 88.3 Å². The SMILES string of the molecule is CCOC1(c2ccc(-c3cc4c(N5CCN(C(=O)C6CC(N)C6)CC5)ccnn4c3)nc2)CCN(C(C)C)CC1. The number of piperidine rings is 1. The number of carbonyl (C=O) groups excluding carboxylic acids is 1. The van der Waals surface area contributed by atoms with Crippen molar-refractivity contribution >= 4 is 17.1 Å². The van der Waals surface area contributed by atoms with Gasteiger partial charge in [-0.05, 0) is 64.7 Å². The number of pyridine rings is 1. The molecule has 0 spiro atoms. The van der Waals surface area contributed by atoms with E-state index in [1.165, 1.54) is 5.56 Å². The molecule has 40 heavy (non-hydrogen) atoms. The molecule has 0 atom stereocenters. The van der Waals surface area contributed by atoms with Crippen molar-refractivity contribution in [2.75, 3.05) is 50.8 Å². The summed E-state index contributed by atoms with van der Waals surface area (Å²) in [6.07, 6.45) is 9.54. The maximum absolute atomic E-state index is 12.8. The lowest BCUT2D eigenvalue weighted by Crippen LogP contribution is -2.53. The Labute approximate surface area is 237 Å². The highest BCUT2D eigenvalue weighted by molar-refractivity contribution is 5.81. The third-order valence-corrected chi connectivity index (χ3v) is 9.28. The smallest absolute Gasteiger partial charge is 0.225 e. The summed E-state index contributed by atoms with van der Waals surface area (Å²) in [6.45, 7) is 12.5. The fraction of sp³-hybridized carbons (Fsp3) is 0.581. The zero-order valence-corrected chi connectivity index (χ0v) is 24.1. The van der Waals surface area contributed by atoms with Crippen molar-refractivity contribution in [3.8, 4) is 11.3 Å². The van der Waals surface area contributed by atoms with Crippen LogP contribution in [0.3, 0.4) is 0 Å². The van der Waals surface area contributed by atoms with Crippen LogP contribution in [0.4, 0.5) is 5.69 Å². The Bertz CT molecular complexity index is 1320. The quantitative estimate of drug-likeness (QED) is 0.486. The van der Waals surface area contributed by atoms with Gasteiger partial charge < -0.3 is 25.2 Å². The molecular weight excluding hydrogens is 502 g/mol. The highest BCUT2D eigenvalue weighted by Gasteiger charge is 2.38. The van der Waals surface area contributed by atoms with Gasteiger partial charge in [-0.1, -0.05) is 6.07 Å². The van der Waals surface area contributed by atoms with Crippen molar-refractivity contribution < 1.29 is 9.53 Å². The maximum atomic E-state index is 12.8. The molecule has 2 saturated heterocycles. The summed E-state index contributed by atoms with van der Waals surface area (Å²) < 4.78 is 8.34. The van der Waals surface area contributed by atoms with Crippen LogP contribution in [-0.2, 0) is 15.1 Å². The monoisotopic (exact) mass is 545 g/mol. The Hall–Kier alpha value is -3.01. The first kappa shape index (κ1) is 27.2. The molecule has 6 rings (SSSR count). The number of amides is 1. The Morgan fingerprint density at radius 2 is 1.85 bits per heavy atom. The van der Waals surface area contributed by atoms with E-state index in [9.17, 15) is 4.79 Å². The van der Waals surface area contributed by atoms with E-state index in [1.54, 1.807) is 0 Å². The average molecular weight is 546 g/mol. The molecule has 0 aromatic carbocycles. The van der Waals surface area contributed by atoms with Crippen LogP contribution in [0.5, 0.6) is 0 Å². The molecule has 0 unspecified atom stereocenters. The molecule has 0 bridgehead atoms. The molecule has 1 saturated carbocycles. The summed E-state index contributed by atoms with van der Waals surface area (Å²) in [5, 5.41) is 4.58. The number of rotatable bonds is 7. The molecule has 214 valence electrons. The lowest BCUT2D eigenvalue weighted by atomic mass is 9.80. The number of carbonyl (C=O) groups is 1. The molecule has 3 fully saturated rings. The molecule has 3 aliphatic rings. The van der Waals surface area contributed by atoms with Crippen LogP contribution in [0, 0.1) is 5.92 Å². The molecule has 1 aliphatic carbocycles. The lowest BCUT2D eigenvalue weighted by Gasteiger charge is -2.43. The third kappa shape index (κ3) is 5.10. The minimum Gasteiger partial charge on any atom is -0.370 e. The van der Waals surface area contributed by atoms with E-state index in [2.05, 4.69) is 66.1 Å². The molecule has 9 heteroatoms. The van der Waals surface area contributed by atoms with Crippen LogP contribution >= 0.6 is 0 Å². The van der Waals surface area contributed by atoms with Crippen molar-refractivity contribution in [3.63, 3.8) is 0 Å². The van der Waals surface area contributed by atoms with Crippen LogP contribution in [0.25, 0.3) is 16.8 Å². The molecule has 9 nitrogen and oxygen atoms in total. The second kappa shape index (κ2) is 11.1. The predicted octanol–water partition coefficient (Wildman–Crippen LogP) is 3.52. The fourth-order valence-electron chi connectivity index (χ4n) is 6.73. The minimum absolute atomic E-state index is 0.123. The summed E-state index contributed by atoms with van der Waals surface area (Å²) >= 11 is 0. The first-order valence-corrected chi connectivity index (χ1v) is 15.0. The number of hydrogen-bond donors (Lipinski definition) is 1. The average Bonchev–Trinajstić information content (AvgIpc) is 3.40. The van der Waals surface area contributed by atoms with Gasteiger partial charge in [0.1, 0.15) is 0 Å². The molecule has 5 heterocycles. The van der Waals surface area contributed by atoms with Gasteiger partial charge >= 0.3 is 0 Å². The van der Waals surface area contributed by atoms with Gasteiger partial charge in [-0.3, -0.25) is 9.78 Å². The van der Waals surface area contributed by atoms with Gasteiger partial charge in [-0.15, -0.1) is 0 Å². The molecule has 2 aliphatic heterocycles. The molecule has 3 aromatic heterocycles. The van der Waals surface area contributed by atoms with Gasteiger partial charge in [-0.25, -0.2) is 4.52 Å². The highest BCUT2D eigenvalue weighted by Crippen LogP contribution is 2.38. The highest BCUT2D eigenvalue weighted by atomic mass is 16.5. The largest absolute Gasteiger partial charge is 0.370 e. The standard InChI is InChI=1S/C31H43N7O2/c1-4-40-31(8-11-35(12-9-31)22(2)3)25-5-6-27(33-20-25)24-19-29-28(7-10-34-38(29)21-24)36-13-15-37(16-14-36)30(39)23-17-26(32)18-23/h5-7,10,19-23,26H,4,8-9,11-18,32H2,1-3H3.